The molecule has 0 aliphatic carbocycles. The minimum Gasteiger partial charge on any atom is -0.462 e. The van der Waals surface area contributed by atoms with Crippen LogP contribution >= 0.6 is 7.82 Å². The van der Waals surface area contributed by atoms with Crippen molar-refractivity contribution in [1.29, 1.82) is 0 Å². The molecule has 0 amide bonds. The lowest BCUT2D eigenvalue weighted by Crippen LogP contribution is -2.37. The van der Waals surface area contributed by atoms with Gasteiger partial charge in [-0.3, -0.25) is 18.6 Å². The molecule has 0 aromatic carbocycles. The number of phosphoric acid groups is 1. The molecule has 1 N–H and O–H groups in total. The SMILES string of the molecule is CC/C=C/C/C=C/C/C=C/C/C=C/C/C=C/C/C=C/CCC(=O)O[C@H](COC(=O)CCCCCCCCC)COP(=O)(O)OCC[N+](C)(C)C. The quantitative estimate of drug-likeness (QED) is 0.0240. The molecule has 286 valence electrons. The average molecular weight is 723 g/mol. The van der Waals surface area contributed by atoms with Gasteiger partial charge in [0.05, 0.1) is 27.7 Å². The van der Waals surface area contributed by atoms with Gasteiger partial charge in [0.1, 0.15) is 19.8 Å². The lowest BCUT2D eigenvalue weighted by molar-refractivity contribution is -0.870. The highest BCUT2D eigenvalue weighted by Crippen LogP contribution is 2.43. The summed E-state index contributed by atoms with van der Waals surface area (Å²) in [4.78, 5) is 35.0. The van der Waals surface area contributed by atoms with Crippen molar-refractivity contribution in [1.82, 2.24) is 0 Å². The van der Waals surface area contributed by atoms with Gasteiger partial charge in [0.25, 0.3) is 0 Å². The molecule has 0 saturated heterocycles. The van der Waals surface area contributed by atoms with Crippen LogP contribution in [0.3, 0.4) is 0 Å². The smallest absolute Gasteiger partial charge is 0.462 e. The third-order valence-electron chi connectivity index (χ3n) is 7.26. The second-order valence-electron chi connectivity index (χ2n) is 13.2. The first-order chi connectivity index (χ1) is 24.0. The van der Waals surface area contributed by atoms with Crippen molar-refractivity contribution >= 4 is 19.8 Å². The maximum absolute atomic E-state index is 12.6. The van der Waals surface area contributed by atoms with E-state index in [0.29, 0.717) is 17.4 Å². The molecule has 50 heavy (non-hydrogen) atoms. The van der Waals surface area contributed by atoms with E-state index >= 15 is 0 Å². The molecule has 0 aliphatic heterocycles. The molecule has 0 aromatic heterocycles. The van der Waals surface area contributed by atoms with E-state index in [1.54, 1.807) is 0 Å². The number of ether oxygens (including phenoxy) is 2. The summed E-state index contributed by atoms with van der Waals surface area (Å²) in [6, 6.07) is 0. The van der Waals surface area contributed by atoms with Crippen molar-refractivity contribution in [3.63, 3.8) is 0 Å². The van der Waals surface area contributed by atoms with E-state index in [2.05, 4.69) is 74.6 Å². The average Bonchev–Trinajstić information content (AvgIpc) is 3.06. The normalized spacial score (nSPS) is 14.6. The second-order valence-corrected chi connectivity index (χ2v) is 14.7. The van der Waals surface area contributed by atoms with Crippen LogP contribution < -0.4 is 0 Å². The lowest BCUT2D eigenvalue weighted by atomic mass is 10.1. The fraction of sp³-hybridized carbons (Fsp3) is 0.650. The van der Waals surface area contributed by atoms with E-state index in [0.717, 1.165) is 64.2 Å². The molecule has 0 fully saturated rings. The van der Waals surface area contributed by atoms with Crippen molar-refractivity contribution in [2.75, 3.05) is 47.5 Å². The van der Waals surface area contributed by atoms with Crippen molar-refractivity contribution in [3.05, 3.63) is 72.9 Å². The Morgan fingerprint density at radius 3 is 1.66 bits per heavy atom. The number of likely N-dealkylation sites (N-methyl/N-ethyl adjacent to an activating group) is 1. The summed E-state index contributed by atoms with van der Waals surface area (Å²) in [5.41, 5.74) is 0. The molecule has 0 radical (unpaired) electrons. The number of rotatable bonds is 32. The molecule has 0 spiro atoms. The molecule has 2 atom stereocenters. The molecule has 0 saturated carbocycles. The highest BCUT2D eigenvalue weighted by atomic mass is 31.2. The Labute approximate surface area is 304 Å². The van der Waals surface area contributed by atoms with Crippen molar-refractivity contribution in [2.45, 2.75) is 123 Å². The number of nitrogens with zero attached hydrogens (tertiary/aromatic N) is 1. The number of esters is 2. The fourth-order valence-corrected chi connectivity index (χ4v) is 5.07. The summed E-state index contributed by atoms with van der Waals surface area (Å²) in [6.07, 6.45) is 38.5. The summed E-state index contributed by atoms with van der Waals surface area (Å²) in [5, 5.41) is 0. The Bertz CT molecular complexity index is 1090. The maximum atomic E-state index is 12.6. The van der Waals surface area contributed by atoms with Crippen LogP contribution in [0.25, 0.3) is 0 Å². The Balaban J connectivity index is 4.55. The number of hydrogen-bond donors (Lipinski definition) is 1. The van der Waals surface area contributed by atoms with Crippen molar-refractivity contribution < 1.29 is 42.1 Å². The molecule has 0 heterocycles. The van der Waals surface area contributed by atoms with Crippen LogP contribution in [0.5, 0.6) is 0 Å². The van der Waals surface area contributed by atoms with Gasteiger partial charge in [0, 0.05) is 12.8 Å². The largest absolute Gasteiger partial charge is 0.472 e. The highest BCUT2D eigenvalue weighted by Gasteiger charge is 2.27. The fourth-order valence-electron chi connectivity index (χ4n) is 4.33. The number of quaternary nitrogens is 1. The van der Waals surface area contributed by atoms with E-state index in [4.69, 9.17) is 18.5 Å². The molecule has 0 rings (SSSR count). The molecular formula is C40H69NO8P+. The van der Waals surface area contributed by atoms with Gasteiger partial charge >= 0.3 is 19.8 Å². The zero-order valence-corrected chi connectivity index (χ0v) is 32.7. The molecule has 10 heteroatoms. The number of carbonyl (C=O) groups is 2. The summed E-state index contributed by atoms with van der Waals surface area (Å²) in [5.74, 6) is -0.913. The number of unbranched alkanes of at least 4 members (excludes halogenated alkanes) is 6. The Hall–Kier alpha value is -2.55. The van der Waals surface area contributed by atoms with Gasteiger partial charge in [-0.15, -0.1) is 0 Å². The van der Waals surface area contributed by atoms with E-state index in [9.17, 15) is 19.0 Å². The predicted octanol–water partition coefficient (Wildman–Crippen LogP) is 9.90. The Morgan fingerprint density at radius 2 is 1.14 bits per heavy atom. The maximum Gasteiger partial charge on any atom is 0.472 e. The molecule has 1 unspecified atom stereocenters. The van der Waals surface area contributed by atoms with E-state index in [1.165, 1.54) is 19.3 Å². The van der Waals surface area contributed by atoms with E-state index in [-0.39, 0.29) is 26.1 Å². The topological polar surface area (TPSA) is 108 Å². The monoisotopic (exact) mass is 722 g/mol. The summed E-state index contributed by atoms with van der Waals surface area (Å²) < 4.78 is 33.9. The summed E-state index contributed by atoms with van der Waals surface area (Å²) in [7, 11) is 1.42. The van der Waals surface area contributed by atoms with Gasteiger partial charge in [-0.05, 0) is 51.4 Å². The summed E-state index contributed by atoms with van der Waals surface area (Å²) >= 11 is 0. The third kappa shape index (κ3) is 35.3. The van der Waals surface area contributed by atoms with Gasteiger partial charge in [0.2, 0.25) is 0 Å². The predicted molar refractivity (Wildman–Crippen MR) is 206 cm³/mol. The van der Waals surface area contributed by atoms with Crippen LogP contribution in [-0.4, -0.2) is 74.9 Å². The van der Waals surface area contributed by atoms with Crippen LogP contribution in [0, 0.1) is 0 Å². The van der Waals surface area contributed by atoms with Crippen LogP contribution in [0.4, 0.5) is 0 Å². The van der Waals surface area contributed by atoms with Gasteiger partial charge < -0.3 is 18.9 Å². The van der Waals surface area contributed by atoms with Gasteiger partial charge in [-0.25, -0.2) is 4.57 Å². The van der Waals surface area contributed by atoms with Crippen LogP contribution in [0.2, 0.25) is 0 Å². The zero-order valence-electron chi connectivity index (χ0n) is 31.8. The van der Waals surface area contributed by atoms with Crippen LogP contribution in [0.15, 0.2) is 72.9 Å². The van der Waals surface area contributed by atoms with Crippen LogP contribution in [0.1, 0.15) is 117 Å². The first kappa shape index (κ1) is 47.4. The number of allylic oxidation sites excluding steroid dienone is 12. The second kappa shape index (κ2) is 32.4. The number of carbonyl (C=O) groups excluding carboxylic acids is 2. The Kier molecular flexibility index (Phi) is 30.7. The van der Waals surface area contributed by atoms with Crippen LogP contribution in [-0.2, 0) is 32.7 Å². The van der Waals surface area contributed by atoms with E-state index in [1.807, 2.05) is 33.3 Å². The van der Waals surface area contributed by atoms with E-state index < -0.39 is 32.5 Å². The lowest BCUT2D eigenvalue weighted by Gasteiger charge is -2.24. The zero-order chi connectivity index (χ0) is 37.2. The minimum absolute atomic E-state index is 0.0150. The standard InChI is InChI=1S/C40H68NO8P/c1-6-8-10-12-14-15-16-17-18-19-20-21-22-23-24-25-27-29-31-33-40(43)49-38(37-48-50(44,45)47-35-34-41(3,4)5)36-46-39(42)32-30-28-26-13-11-9-7-2/h8,10,14-15,17-18,20-21,23-24,27,29,38H,6-7,9,11-13,16,19,22,25-26,28,30-37H2,1-5H3/p+1/b10-8+,15-14+,18-17+,21-20+,24-23+,29-27+/t38-/m1/s1. The molecule has 0 aliphatic rings. The minimum atomic E-state index is -4.38. The first-order valence-corrected chi connectivity index (χ1v) is 20.2. The molecule has 0 bridgehead atoms. The summed E-state index contributed by atoms with van der Waals surface area (Å²) in [6.45, 7) is 4.13. The van der Waals surface area contributed by atoms with Crippen molar-refractivity contribution in [3.8, 4) is 0 Å². The first-order valence-electron chi connectivity index (χ1n) is 18.7. The molecular weight excluding hydrogens is 653 g/mol. The van der Waals surface area contributed by atoms with Gasteiger partial charge in [-0.1, -0.05) is 125 Å². The molecule has 0 aromatic rings. The third-order valence-corrected chi connectivity index (χ3v) is 8.25. The number of hydrogen-bond acceptors (Lipinski definition) is 7. The molecule has 9 nitrogen and oxygen atoms in total. The Morgan fingerprint density at radius 1 is 0.640 bits per heavy atom. The van der Waals surface area contributed by atoms with Crippen molar-refractivity contribution in [2.24, 2.45) is 0 Å². The highest BCUT2D eigenvalue weighted by molar-refractivity contribution is 7.47. The van der Waals surface area contributed by atoms with Gasteiger partial charge in [-0.2, -0.15) is 0 Å². The number of phosphoric ester groups is 1. The van der Waals surface area contributed by atoms with Gasteiger partial charge in [0.15, 0.2) is 6.10 Å².